The average molecular weight is 443 g/mol. The first kappa shape index (κ1) is 23.7. The van der Waals surface area contributed by atoms with E-state index in [1.807, 2.05) is 44.5 Å². The third-order valence-corrected chi connectivity index (χ3v) is 5.53. The summed E-state index contributed by atoms with van der Waals surface area (Å²) in [6.07, 6.45) is 7.16. The molecule has 0 bridgehead atoms. The molecule has 0 aliphatic heterocycles. The zero-order valence-corrected chi connectivity index (χ0v) is 19.0. The fourth-order valence-electron chi connectivity index (χ4n) is 2.66. The van der Waals surface area contributed by atoms with Gasteiger partial charge < -0.3 is 16.0 Å². The Kier molecular flexibility index (Phi) is 9.67. The molecule has 0 aliphatic rings. The Hall–Kier alpha value is -2.54. The Labute approximate surface area is 187 Å². The monoisotopic (exact) mass is 442 g/mol. The Balaban J connectivity index is 2.03. The molecule has 2 rings (SSSR count). The van der Waals surface area contributed by atoms with Crippen LogP contribution in [0.25, 0.3) is 0 Å². The third kappa shape index (κ3) is 7.06. The minimum atomic E-state index is -0.171. The fraction of sp³-hybridized carbons (Fsp3) is 0.217. The Morgan fingerprint density at radius 3 is 2.80 bits per heavy atom. The van der Waals surface area contributed by atoms with E-state index in [-0.39, 0.29) is 11.9 Å². The summed E-state index contributed by atoms with van der Waals surface area (Å²) >= 11 is 7.64. The molecule has 2 aromatic carbocycles. The van der Waals surface area contributed by atoms with Gasteiger partial charge in [0.25, 0.3) is 5.91 Å². The SMILES string of the molecule is C=CC(CNC)=NC=CNC(C)c1cccc(NC(=O)c2ccc(Cl)c(SC)c2)c1. The molecule has 2 aromatic rings. The van der Waals surface area contributed by atoms with Crippen molar-refractivity contribution in [2.75, 3.05) is 25.2 Å². The van der Waals surface area contributed by atoms with Crippen molar-refractivity contribution in [3.05, 3.63) is 83.7 Å². The smallest absolute Gasteiger partial charge is 0.255 e. The summed E-state index contributed by atoms with van der Waals surface area (Å²) < 4.78 is 0. The predicted octanol–water partition coefficient (Wildman–Crippen LogP) is 5.28. The highest BCUT2D eigenvalue weighted by atomic mass is 35.5. The van der Waals surface area contributed by atoms with Gasteiger partial charge in [0.1, 0.15) is 0 Å². The molecule has 1 atom stereocenters. The number of nitrogens with one attached hydrogen (secondary N) is 3. The van der Waals surface area contributed by atoms with Gasteiger partial charge in [-0.1, -0.05) is 30.3 Å². The summed E-state index contributed by atoms with van der Waals surface area (Å²) in [7, 11) is 1.86. The van der Waals surface area contributed by atoms with Crippen molar-refractivity contribution < 1.29 is 4.79 Å². The molecule has 1 unspecified atom stereocenters. The molecule has 0 saturated carbocycles. The summed E-state index contributed by atoms with van der Waals surface area (Å²) in [5.41, 5.74) is 3.21. The summed E-state index contributed by atoms with van der Waals surface area (Å²) in [5.74, 6) is -0.171. The molecule has 0 saturated heterocycles. The fourth-order valence-corrected chi connectivity index (χ4v) is 3.52. The second-order valence-corrected chi connectivity index (χ2v) is 7.74. The maximum absolute atomic E-state index is 12.6. The largest absolute Gasteiger partial charge is 0.383 e. The number of amides is 1. The second-order valence-electron chi connectivity index (χ2n) is 6.49. The summed E-state index contributed by atoms with van der Waals surface area (Å²) in [5, 5.41) is 9.91. The van der Waals surface area contributed by atoms with Gasteiger partial charge in [-0.2, -0.15) is 0 Å². The van der Waals surface area contributed by atoms with Crippen LogP contribution in [0.1, 0.15) is 28.9 Å². The topological polar surface area (TPSA) is 65.5 Å². The van der Waals surface area contributed by atoms with Crippen molar-refractivity contribution in [3.8, 4) is 0 Å². The number of carbonyl (C=O) groups excluding carboxylic acids is 1. The Morgan fingerprint density at radius 1 is 1.30 bits per heavy atom. The van der Waals surface area contributed by atoms with E-state index in [1.165, 1.54) is 11.8 Å². The van der Waals surface area contributed by atoms with Crippen LogP contribution in [0.5, 0.6) is 0 Å². The number of aliphatic imine (C=N–C) groups is 1. The van der Waals surface area contributed by atoms with Crippen LogP contribution in [0.3, 0.4) is 0 Å². The normalized spacial score (nSPS) is 12.6. The van der Waals surface area contributed by atoms with Crippen LogP contribution in [0.15, 0.2) is 77.4 Å². The molecule has 30 heavy (non-hydrogen) atoms. The maximum Gasteiger partial charge on any atom is 0.255 e. The van der Waals surface area contributed by atoms with Crippen LogP contribution in [0.2, 0.25) is 5.02 Å². The lowest BCUT2D eigenvalue weighted by Gasteiger charge is -2.14. The Morgan fingerprint density at radius 2 is 2.10 bits per heavy atom. The quantitative estimate of drug-likeness (QED) is 0.346. The zero-order valence-electron chi connectivity index (χ0n) is 17.4. The number of hydrogen-bond donors (Lipinski definition) is 3. The molecule has 1 amide bonds. The third-order valence-electron chi connectivity index (χ3n) is 4.31. The van der Waals surface area contributed by atoms with E-state index in [0.29, 0.717) is 17.1 Å². The molecule has 7 heteroatoms. The van der Waals surface area contributed by atoms with Gasteiger partial charge in [-0.15, -0.1) is 11.8 Å². The predicted molar refractivity (Wildman–Crippen MR) is 130 cm³/mol. The van der Waals surface area contributed by atoms with Gasteiger partial charge in [0.2, 0.25) is 0 Å². The number of thioether (sulfide) groups is 1. The van der Waals surface area contributed by atoms with Crippen LogP contribution < -0.4 is 16.0 Å². The summed E-state index contributed by atoms with van der Waals surface area (Å²) in [6.45, 7) is 6.45. The van der Waals surface area contributed by atoms with E-state index < -0.39 is 0 Å². The summed E-state index contributed by atoms with van der Waals surface area (Å²) in [4.78, 5) is 17.8. The lowest BCUT2D eigenvalue weighted by molar-refractivity contribution is 0.102. The van der Waals surface area contributed by atoms with Crippen molar-refractivity contribution in [3.63, 3.8) is 0 Å². The molecule has 0 radical (unpaired) electrons. The number of halogens is 1. The van der Waals surface area contributed by atoms with Crippen LogP contribution >= 0.6 is 23.4 Å². The Bertz CT molecular complexity index is 943. The van der Waals surface area contributed by atoms with Crippen LogP contribution in [-0.2, 0) is 0 Å². The molecule has 0 heterocycles. The van der Waals surface area contributed by atoms with E-state index in [0.717, 1.165) is 21.9 Å². The number of nitrogens with zero attached hydrogens (tertiary/aromatic N) is 1. The minimum Gasteiger partial charge on any atom is -0.383 e. The molecule has 0 aromatic heterocycles. The number of hydrogen-bond acceptors (Lipinski definition) is 5. The minimum absolute atomic E-state index is 0.0448. The first-order chi connectivity index (χ1) is 14.5. The first-order valence-corrected chi connectivity index (χ1v) is 11.1. The maximum atomic E-state index is 12.6. The number of carbonyl (C=O) groups is 1. The van der Waals surface area contributed by atoms with Gasteiger partial charge in [-0.05, 0) is 62.2 Å². The number of anilines is 1. The van der Waals surface area contributed by atoms with E-state index in [4.69, 9.17) is 11.6 Å². The molecule has 0 aliphatic carbocycles. The highest BCUT2D eigenvalue weighted by molar-refractivity contribution is 7.98. The lowest BCUT2D eigenvalue weighted by atomic mass is 10.1. The van der Waals surface area contributed by atoms with Gasteiger partial charge in [-0.3, -0.25) is 9.79 Å². The van der Waals surface area contributed by atoms with Gasteiger partial charge in [0, 0.05) is 41.1 Å². The average Bonchev–Trinajstić information content (AvgIpc) is 2.76. The van der Waals surface area contributed by atoms with E-state index in [2.05, 4.69) is 27.5 Å². The van der Waals surface area contributed by atoms with Gasteiger partial charge in [0.05, 0.1) is 10.7 Å². The van der Waals surface area contributed by atoms with Gasteiger partial charge in [-0.25, -0.2) is 0 Å². The summed E-state index contributed by atoms with van der Waals surface area (Å²) in [6, 6.07) is 13.1. The van der Waals surface area contributed by atoms with E-state index in [9.17, 15) is 4.79 Å². The van der Waals surface area contributed by atoms with E-state index in [1.54, 1.807) is 36.7 Å². The van der Waals surface area contributed by atoms with Crippen LogP contribution in [0, 0.1) is 0 Å². The van der Waals surface area contributed by atoms with Crippen molar-refractivity contribution in [2.45, 2.75) is 17.9 Å². The molecule has 158 valence electrons. The highest BCUT2D eigenvalue weighted by Crippen LogP contribution is 2.26. The standard InChI is InChI=1S/C23H27ClN4OS/c1-5-19(15-25-3)27-12-11-26-16(2)17-7-6-8-20(13-17)28-23(29)18-9-10-21(24)22(14-18)30-4/h5-14,16,25-26H,1,15H2,2-4H3,(H,28,29). The number of benzene rings is 2. The van der Waals surface area contributed by atoms with E-state index >= 15 is 0 Å². The number of rotatable bonds is 10. The zero-order chi connectivity index (χ0) is 21.9. The molecule has 5 nitrogen and oxygen atoms in total. The lowest BCUT2D eigenvalue weighted by Crippen LogP contribution is -2.16. The molecule has 0 spiro atoms. The highest BCUT2D eigenvalue weighted by Gasteiger charge is 2.10. The van der Waals surface area contributed by atoms with Crippen molar-refractivity contribution in [1.29, 1.82) is 0 Å². The first-order valence-electron chi connectivity index (χ1n) is 9.48. The second kappa shape index (κ2) is 12.2. The van der Waals surface area contributed by atoms with Crippen molar-refractivity contribution >= 4 is 40.7 Å². The van der Waals surface area contributed by atoms with Gasteiger partial charge >= 0.3 is 0 Å². The van der Waals surface area contributed by atoms with Crippen LogP contribution in [0.4, 0.5) is 5.69 Å². The van der Waals surface area contributed by atoms with Gasteiger partial charge in [0.15, 0.2) is 0 Å². The van der Waals surface area contributed by atoms with Crippen LogP contribution in [-0.4, -0.2) is 31.5 Å². The molecular formula is C23H27ClN4OS. The van der Waals surface area contributed by atoms with Crippen molar-refractivity contribution in [1.82, 2.24) is 10.6 Å². The molecule has 3 N–H and O–H groups in total. The molecular weight excluding hydrogens is 416 g/mol. The molecule has 0 fully saturated rings. The van der Waals surface area contributed by atoms with Crippen molar-refractivity contribution in [2.24, 2.45) is 4.99 Å².